The first kappa shape index (κ1) is 19.0. The number of aryl methyl sites for hydroxylation is 1. The van der Waals surface area contributed by atoms with Crippen molar-refractivity contribution in [2.45, 2.75) is 31.6 Å². The number of rotatable bonds is 3. The highest BCUT2D eigenvalue weighted by atomic mass is 19.1. The summed E-state index contributed by atoms with van der Waals surface area (Å²) in [5.74, 6) is 0.0695. The summed E-state index contributed by atoms with van der Waals surface area (Å²) in [6.07, 6.45) is 4.38. The number of anilines is 2. The lowest BCUT2D eigenvalue weighted by molar-refractivity contribution is -0.120. The summed E-state index contributed by atoms with van der Waals surface area (Å²) in [5.41, 5.74) is 11.2. The quantitative estimate of drug-likeness (QED) is 0.642. The molecular weight excluding hydrogens is 379 g/mol. The Bertz CT molecular complexity index is 1120. The van der Waals surface area contributed by atoms with Crippen LogP contribution in [0.25, 0.3) is 22.2 Å². The van der Waals surface area contributed by atoms with Gasteiger partial charge in [0, 0.05) is 36.8 Å². The van der Waals surface area contributed by atoms with Crippen molar-refractivity contribution in [3.05, 3.63) is 47.8 Å². The predicted molar refractivity (Wildman–Crippen MR) is 119 cm³/mol. The number of halogens is 1. The van der Waals surface area contributed by atoms with Gasteiger partial charge in [-0.1, -0.05) is 43.2 Å². The topological polar surface area (TPSA) is 63.3 Å². The number of fused-ring (bicyclic) bond motifs is 1. The molecule has 0 bridgehead atoms. The second-order valence-corrected chi connectivity index (χ2v) is 8.46. The maximum absolute atomic E-state index is 16.1. The van der Waals surface area contributed by atoms with Crippen LogP contribution in [0.15, 0.2) is 36.4 Å². The SMILES string of the molecule is Cn1c(-c2ccccc2)c(F)c2c(C3CCCC3)c(N3CCNC(=O)C3)cc(N)c21. The number of hydrogen-bond donors (Lipinski definition) is 2. The maximum Gasteiger partial charge on any atom is 0.239 e. The Morgan fingerprint density at radius 3 is 2.60 bits per heavy atom. The van der Waals surface area contributed by atoms with Gasteiger partial charge in [0.05, 0.1) is 23.4 Å². The molecule has 1 amide bonds. The Morgan fingerprint density at radius 1 is 1.17 bits per heavy atom. The molecule has 1 saturated carbocycles. The number of nitrogens with zero attached hydrogens (tertiary/aromatic N) is 2. The fourth-order valence-corrected chi connectivity index (χ4v) is 5.30. The first-order chi connectivity index (χ1) is 14.6. The summed E-state index contributed by atoms with van der Waals surface area (Å²) >= 11 is 0. The summed E-state index contributed by atoms with van der Waals surface area (Å²) in [4.78, 5) is 14.1. The Morgan fingerprint density at radius 2 is 1.90 bits per heavy atom. The minimum atomic E-state index is -0.212. The molecule has 3 N–H and O–H groups in total. The summed E-state index contributed by atoms with van der Waals surface area (Å²) in [7, 11) is 1.89. The molecule has 1 saturated heterocycles. The number of nitrogens with one attached hydrogen (secondary N) is 1. The average Bonchev–Trinajstić information content (AvgIpc) is 3.36. The number of nitrogen functional groups attached to an aromatic ring is 1. The number of aromatic nitrogens is 1. The smallest absolute Gasteiger partial charge is 0.239 e. The third kappa shape index (κ3) is 2.93. The molecule has 2 aromatic carbocycles. The van der Waals surface area contributed by atoms with Crippen LogP contribution in [-0.2, 0) is 11.8 Å². The van der Waals surface area contributed by atoms with Crippen LogP contribution in [0.3, 0.4) is 0 Å². The Hall–Kier alpha value is -3.02. The van der Waals surface area contributed by atoms with Crippen molar-refractivity contribution in [1.82, 2.24) is 9.88 Å². The predicted octanol–water partition coefficient (Wildman–Crippen LogP) is 4.16. The van der Waals surface area contributed by atoms with Gasteiger partial charge in [0.25, 0.3) is 0 Å². The first-order valence-electron chi connectivity index (χ1n) is 10.7. The molecule has 1 aliphatic carbocycles. The zero-order valence-electron chi connectivity index (χ0n) is 17.2. The van der Waals surface area contributed by atoms with Gasteiger partial charge in [-0.2, -0.15) is 0 Å². The van der Waals surface area contributed by atoms with E-state index in [1.54, 1.807) is 0 Å². The van der Waals surface area contributed by atoms with Gasteiger partial charge in [0.1, 0.15) is 0 Å². The highest BCUT2D eigenvalue weighted by molar-refractivity contribution is 6.02. The second kappa shape index (κ2) is 7.35. The van der Waals surface area contributed by atoms with E-state index in [1.165, 1.54) is 0 Å². The number of amides is 1. The van der Waals surface area contributed by atoms with Crippen molar-refractivity contribution in [3.8, 4) is 11.3 Å². The Labute approximate surface area is 175 Å². The zero-order valence-corrected chi connectivity index (χ0v) is 17.2. The first-order valence-corrected chi connectivity index (χ1v) is 10.7. The highest BCUT2D eigenvalue weighted by Gasteiger charge is 2.31. The molecule has 2 heterocycles. The number of benzene rings is 2. The van der Waals surface area contributed by atoms with Gasteiger partial charge in [-0.05, 0) is 30.4 Å². The van der Waals surface area contributed by atoms with Crippen molar-refractivity contribution in [3.63, 3.8) is 0 Å². The molecule has 1 aromatic heterocycles. The minimum Gasteiger partial charge on any atom is -0.397 e. The maximum atomic E-state index is 16.1. The van der Waals surface area contributed by atoms with E-state index in [-0.39, 0.29) is 24.2 Å². The van der Waals surface area contributed by atoms with Crippen LogP contribution in [0.2, 0.25) is 0 Å². The average molecular weight is 407 g/mol. The molecule has 2 aliphatic rings. The standard InChI is InChI=1S/C24H27FN4O/c1-28-23(16-9-3-2-4-10-16)22(25)21-20(15-7-5-6-8-15)18(13-17(26)24(21)28)29-12-11-27-19(30)14-29/h2-4,9-10,13,15H,5-8,11-12,14,26H2,1H3,(H,27,30). The summed E-state index contributed by atoms with van der Waals surface area (Å²) in [6.45, 7) is 1.58. The Kier molecular flexibility index (Phi) is 4.65. The van der Waals surface area contributed by atoms with Crippen LogP contribution in [-0.4, -0.2) is 30.1 Å². The molecule has 0 unspecified atom stereocenters. The van der Waals surface area contributed by atoms with E-state index in [0.717, 1.165) is 48.0 Å². The van der Waals surface area contributed by atoms with Gasteiger partial charge >= 0.3 is 0 Å². The van der Waals surface area contributed by atoms with Gasteiger partial charge in [-0.25, -0.2) is 4.39 Å². The van der Waals surface area contributed by atoms with Crippen LogP contribution in [0, 0.1) is 5.82 Å². The van der Waals surface area contributed by atoms with E-state index < -0.39 is 0 Å². The molecule has 3 aromatic rings. The van der Waals surface area contributed by atoms with Crippen LogP contribution in [0.1, 0.15) is 37.2 Å². The number of carbonyl (C=O) groups excluding carboxylic acids is 1. The van der Waals surface area contributed by atoms with Crippen LogP contribution >= 0.6 is 0 Å². The number of nitrogens with two attached hydrogens (primary N) is 1. The molecular formula is C24H27FN4O. The third-order valence-electron chi connectivity index (χ3n) is 6.64. The monoisotopic (exact) mass is 406 g/mol. The second-order valence-electron chi connectivity index (χ2n) is 8.46. The van der Waals surface area contributed by atoms with Crippen molar-refractivity contribution >= 4 is 28.2 Å². The largest absolute Gasteiger partial charge is 0.397 e. The van der Waals surface area contributed by atoms with E-state index >= 15 is 4.39 Å². The fraction of sp³-hybridized carbons (Fsp3) is 0.375. The molecule has 1 aliphatic heterocycles. The van der Waals surface area contributed by atoms with Crippen LogP contribution in [0.5, 0.6) is 0 Å². The summed E-state index contributed by atoms with van der Waals surface area (Å²) in [6, 6.07) is 11.6. The lowest BCUT2D eigenvalue weighted by Crippen LogP contribution is -2.48. The number of piperazine rings is 1. The number of carbonyl (C=O) groups is 1. The molecule has 6 heteroatoms. The molecule has 2 fully saturated rings. The lowest BCUT2D eigenvalue weighted by Gasteiger charge is -2.32. The zero-order chi connectivity index (χ0) is 20.8. The van der Waals surface area contributed by atoms with Crippen LogP contribution < -0.4 is 16.0 Å². The van der Waals surface area contributed by atoms with Crippen molar-refractivity contribution in [1.29, 1.82) is 0 Å². The van der Waals surface area contributed by atoms with Crippen molar-refractivity contribution in [2.24, 2.45) is 7.05 Å². The van der Waals surface area contributed by atoms with Gasteiger partial charge in [-0.3, -0.25) is 4.79 Å². The molecule has 0 spiro atoms. The van der Waals surface area contributed by atoms with Crippen molar-refractivity contribution < 1.29 is 9.18 Å². The van der Waals surface area contributed by atoms with Gasteiger partial charge < -0.3 is 20.5 Å². The molecule has 30 heavy (non-hydrogen) atoms. The molecule has 0 atom stereocenters. The van der Waals surface area contributed by atoms with Gasteiger partial charge in [0.15, 0.2) is 5.82 Å². The van der Waals surface area contributed by atoms with E-state index in [9.17, 15) is 4.79 Å². The summed E-state index contributed by atoms with van der Waals surface area (Å²) < 4.78 is 18.0. The minimum absolute atomic E-state index is 0.00389. The number of hydrogen-bond acceptors (Lipinski definition) is 3. The lowest BCUT2D eigenvalue weighted by atomic mass is 9.90. The molecule has 5 rings (SSSR count). The molecule has 156 valence electrons. The van der Waals surface area contributed by atoms with Crippen molar-refractivity contribution in [2.75, 3.05) is 30.3 Å². The normalized spacial score (nSPS) is 17.7. The fourth-order valence-electron chi connectivity index (χ4n) is 5.30. The van der Waals surface area contributed by atoms with Gasteiger partial charge in [-0.15, -0.1) is 0 Å². The van der Waals surface area contributed by atoms with Gasteiger partial charge in [0.2, 0.25) is 5.91 Å². The van der Waals surface area contributed by atoms with E-state index in [4.69, 9.17) is 5.73 Å². The third-order valence-corrected chi connectivity index (χ3v) is 6.64. The van der Waals surface area contributed by atoms with E-state index in [2.05, 4.69) is 10.2 Å². The Balaban J connectivity index is 1.80. The van der Waals surface area contributed by atoms with E-state index in [1.807, 2.05) is 48.0 Å². The molecule has 5 nitrogen and oxygen atoms in total. The molecule has 0 radical (unpaired) electrons. The van der Waals surface area contributed by atoms with E-state index in [0.29, 0.717) is 29.9 Å². The van der Waals surface area contributed by atoms with Crippen LogP contribution in [0.4, 0.5) is 15.8 Å². The highest BCUT2D eigenvalue weighted by Crippen LogP contribution is 2.47. The summed E-state index contributed by atoms with van der Waals surface area (Å²) in [5, 5.41) is 3.51.